The lowest BCUT2D eigenvalue weighted by atomic mass is 9.99. The third kappa shape index (κ3) is 5.46. The Morgan fingerprint density at radius 3 is 2.68 bits per heavy atom. The van der Waals surface area contributed by atoms with Gasteiger partial charge in [0.15, 0.2) is 5.78 Å². The monoisotopic (exact) mass is 342 g/mol. The summed E-state index contributed by atoms with van der Waals surface area (Å²) >= 11 is 0. The zero-order valence-electron chi connectivity index (χ0n) is 15.8. The summed E-state index contributed by atoms with van der Waals surface area (Å²) in [4.78, 5) is 14.8. The summed E-state index contributed by atoms with van der Waals surface area (Å²) in [6, 6.07) is 5.99. The van der Waals surface area contributed by atoms with Gasteiger partial charge < -0.3 is 10.5 Å². The van der Waals surface area contributed by atoms with E-state index >= 15 is 0 Å². The van der Waals surface area contributed by atoms with E-state index in [0.29, 0.717) is 6.54 Å². The lowest BCUT2D eigenvalue weighted by molar-refractivity contribution is 0.0916. The van der Waals surface area contributed by atoms with E-state index in [1.54, 1.807) is 0 Å². The number of rotatable bonds is 7. The SMILES string of the molecule is CC/C=C(N)\C=C(/C)O[C@H]1CCN(CC(=O)c2c(C)cccc2C)C1. The molecule has 1 heterocycles. The Hall–Kier alpha value is -2.07. The van der Waals surface area contributed by atoms with Crippen molar-refractivity contribution >= 4 is 5.78 Å². The lowest BCUT2D eigenvalue weighted by Gasteiger charge is -2.18. The van der Waals surface area contributed by atoms with Gasteiger partial charge in [0.1, 0.15) is 6.10 Å². The summed E-state index contributed by atoms with van der Waals surface area (Å²) in [5.74, 6) is 1.02. The second-order valence-corrected chi connectivity index (χ2v) is 6.82. The first-order chi connectivity index (χ1) is 11.9. The number of nitrogens with two attached hydrogens (primary N) is 1. The second-order valence-electron chi connectivity index (χ2n) is 6.82. The van der Waals surface area contributed by atoms with Crippen LogP contribution in [0.15, 0.2) is 41.8 Å². The molecule has 0 aromatic heterocycles. The summed E-state index contributed by atoms with van der Waals surface area (Å²) in [7, 11) is 0. The van der Waals surface area contributed by atoms with Crippen LogP contribution in [0.4, 0.5) is 0 Å². The number of Topliss-reactive ketones (excluding diaryl/α,β-unsaturated/α-hetero) is 1. The zero-order valence-corrected chi connectivity index (χ0v) is 15.8. The molecule has 1 aromatic carbocycles. The predicted molar refractivity (Wildman–Crippen MR) is 102 cm³/mol. The minimum absolute atomic E-state index is 0.122. The van der Waals surface area contributed by atoms with Crippen molar-refractivity contribution in [1.29, 1.82) is 0 Å². The van der Waals surface area contributed by atoms with Crippen LogP contribution in [0, 0.1) is 13.8 Å². The Kier molecular flexibility index (Phi) is 6.82. The third-order valence-corrected chi connectivity index (χ3v) is 4.52. The highest BCUT2D eigenvalue weighted by molar-refractivity contribution is 6.00. The molecule has 0 radical (unpaired) electrons. The van der Waals surface area contributed by atoms with Gasteiger partial charge in [0.2, 0.25) is 0 Å². The van der Waals surface area contributed by atoms with Gasteiger partial charge in [-0.2, -0.15) is 0 Å². The van der Waals surface area contributed by atoms with Crippen LogP contribution in [0.1, 0.15) is 48.2 Å². The highest BCUT2D eigenvalue weighted by Crippen LogP contribution is 2.19. The summed E-state index contributed by atoms with van der Waals surface area (Å²) in [6.07, 6.45) is 5.80. The van der Waals surface area contributed by atoms with Crippen LogP contribution in [0.5, 0.6) is 0 Å². The van der Waals surface area contributed by atoms with Crippen LogP contribution in [0.3, 0.4) is 0 Å². The van der Waals surface area contributed by atoms with Gasteiger partial charge in [0.05, 0.1) is 12.3 Å². The first-order valence-electron chi connectivity index (χ1n) is 9.03. The van der Waals surface area contributed by atoms with Gasteiger partial charge in [-0.3, -0.25) is 9.69 Å². The van der Waals surface area contributed by atoms with E-state index < -0.39 is 0 Å². The van der Waals surface area contributed by atoms with Crippen LogP contribution < -0.4 is 5.73 Å². The Balaban J connectivity index is 1.91. The largest absolute Gasteiger partial charge is 0.494 e. The number of ether oxygens (including phenoxy) is 1. The molecule has 0 bridgehead atoms. The molecule has 4 heteroatoms. The van der Waals surface area contributed by atoms with E-state index in [-0.39, 0.29) is 11.9 Å². The smallest absolute Gasteiger partial charge is 0.177 e. The van der Waals surface area contributed by atoms with Crippen molar-refractivity contribution in [1.82, 2.24) is 4.90 Å². The van der Waals surface area contributed by atoms with E-state index in [9.17, 15) is 4.79 Å². The Morgan fingerprint density at radius 1 is 1.36 bits per heavy atom. The molecule has 0 amide bonds. The lowest BCUT2D eigenvalue weighted by Crippen LogP contribution is -2.29. The molecular formula is C21H30N2O2. The van der Waals surface area contributed by atoms with Crippen molar-refractivity contribution in [2.75, 3.05) is 19.6 Å². The fraction of sp³-hybridized carbons (Fsp3) is 0.476. The average Bonchev–Trinajstić information content (AvgIpc) is 2.93. The predicted octanol–water partition coefficient (Wildman–Crippen LogP) is 3.73. The van der Waals surface area contributed by atoms with Gasteiger partial charge in [-0.25, -0.2) is 0 Å². The first kappa shape index (κ1) is 19.3. The molecule has 1 saturated heterocycles. The standard InChI is InChI=1S/C21H30N2O2/c1-5-7-18(22)12-17(4)25-19-10-11-23(13-19)14-20(24)21-15(2)8-6-9-16(21)3/h6-9,12,19H,5,10-11,13-14,22H2,1-4H3/b17-12+,18-7+/t19-/m0/s1. The van der Waals surface area contributed by atoms with Gasteiger partial charge >= 0.3 is 0 Å². The maximum atomic E-state index is 12.7. The molecule has 2 rings (SSSR count). The number of hydrogen-bond donors (Lipinski definition) is 1. The molecule has 0 spiro atoms. The van der Waals surface area contributed by atoms with Gasteiger partial charge in [-0.05, 0) is 50.8 Å². The Bertz CT molecular complexity index is 656. The quantitative estimate of drug-likeness (QED) is 0.466. The third-order valence-electron chi connectivity index (χ3n) is 4.52. The number of carbonyl (C=O) groups is 1. The molecule has 1 aromatic rings. The summed E-state index contributed by atoms with van der Waals surface area (Å²) in [5.41, 5.74) is 9.59. The Morgan fingerprint density at radius 2 is 2.04 bits per heavy atom. The van der Waals surface area contributed by atoms with E-state index in [4.69, 9.17) is 10.5 Å². The number of ketones is 1. The van der Waals surface area contributed by atoms with Gasteiger partial charge in [0.25, 0.3) is 0 Å². The number of carbonyl (C=O) groups excluding carboxylic acids is 1. The van der Waals surface area contributed by atoms with Gasteiger partial charge in [-0.1, -0.05) is 31.2 Å². The van der Waals surface area contributed by atoms with Crippen molar-refractivity contribution in [2.45, 2.75) is 46.6 Å². The number of benzene rings is 1. The minimum atomic E-state index is 0.122. The van der Waals surface area contributed by atoms with Crippen LogP contribution in [-0.2, 0) is 4.74 Å². The first-order valence-corrected chi connectivity index (χ1v) is 9.03. The zero-order chi connectivity index (χ0) is 18.4. The topological polar surface area (TPSA) is 55.6 Å². The summed E-state index contributed by atoms with van der Waals surface area (Å²) in [5, 5.41) is 0. The number of hydrogen-bond acceptors (Lipinski definition) is 4. The number of allylic oxidation sites excluding steroid dienone is 3. The van der Waals surface area contributed by atoms with E-state index in [2.05, 4.69) is 11.8 Å². The molecule has 1 fully saturated rings. The molecule has 1 aliphatic rings. The number of nitrogens with zero attached hydrogens (tertiary/aromatic N) is 1. The molecule has 1 atom stereocenters. The molecule has 0 aliphatic carbocycles. The molecule has 0 unspecified atom stereocenters. The molecular weight excluding hydrogens is 312 g/mol. The number of likely N-dealkylation sites (tertiary alicyclic amines) is 1. The summed E-state index contributed by atoms with van der Waals surface area (Å²) in [6.45, 7) is 10.1. The van der Waals surface area contributed by atoms with Crippen molar-refractivity contribution < 1.29 is 9.53 Å². The van der Waals surface area contributed by atoms with Crippen LogP contribution in [0.2, 0.25) is 0 Å². The molecule has 1 aliphatic heterocycles. The Labute approximate surface area is 151 Å². The molecule has 2 N–H and O–H groups in total. The van der Waals surface area contributed by atoms with E-state index in [1.807, 2.05) is 51.1 Å². The van der Waals surface area contributed by atoms with E-state index in [0.717, 1.165) is 54.1 Å². The van der Waals surface area contributed by atoms with Crippen molar-refractivity contribution in [3.63, 3.8) is 0 Å². The molecule has 4 nitrogen and oxygen atoms in total. The van der Waals surface area contributed by atoms with Crippen molar-refractivity contribution in [3.05, 3.63) is 58.5 Å². The van der Waals surface area contributed by atoms with Crippen molar-refractivity contribution in [3.8, 4) is 0 Å². The van der Waals surface area contributed by atoms with Gasteiger partial charge in [-0.15, -0.1) is 0 Å². The molecule has 0 saturated carbocycles. The maximum Gasteiger partial charge on any atom is 0.177 e. The van der Waals surface area contributed by atoms with E-state index in [1.165, 1.54) is 0 Å². The highest BCUT2D eigenvalue weighted by Gasteiger charge is 2.26. The van der Waals surface area contributed by atoms with Crippen LogP contribution in [-0.4, -0.2) is 36.4 Å². The minimum Gasteiger partial charge on any atom is -0.494 e. The molecule has 136 valence electrons. The maximum absolute atomic E-state index is 12.7. The van der Waals surface area contributed by atoms with Crippen LogP contribution in [0.25, 0.3) is 0 Å². The molecule has 25 heavy (non-hydrogen) atoms. The average molecular weight is 342 g/mol. The fourth-order valence-electron chi connectivity index (χ4n) is 3.40. The summed E-state index contributed by atoms with van der Waals surface area (Å²) < 4.78 is 5.98. The second kappa shape index (κ2) is 8.86. The normalized spacial score (nSPS) is 19.3. The van der Waals surface area contributed by atoms with Crippen LogP contribution >= 0.6 is 0 Å². The van der Waals surface area contributed by atoms with Gasteiger partial charge in [0, 0.05) is 24.4 Å². The fourth-order valence-corrected chi connectivity index (χ4v) is 3.40. The van der Waals surface area contributed by atoms with Crippen molar-refractivity contribution in [2.24, 2.45) is 5.73 Å². The number of aryl methyl sites for hydroxylation is 2. The highest BCUT2D eigenvalue weighted by atomic mass is 16.5.